The highest BCUT2D eigenvalue weighted by atomic mass is 32.1. The standard InChI is InChI=1S/C9H13NOS/c1-7(11)10-4-2-9-8(6-10)3-5-12-9/h3,5,7,11H,2,4,6H2,1H3. The van der Waals surface area contributed by atoms with Crippen molar-refractivity contribution in [1.29, 1.82) is 0 Å². The second-order valence-electron chi connectivity index (χ2n) is 3.22. The minimum atomic E-state index is -0.307. The Bertz CT molecular complexity index is 269. The van der Waals surface area contributed by atoms with Crippen molar-refractivity contribution in [2.24, 2.45) is 0 Å². The molecule has 0 aliphatic carbocycles. The van der Waals surface area contributed by atoms with E-state index in [-0.39, 0.29) is 6.23 Å². The average molecular weight is 183 g/mol. The summed E-state index contributed by atoms with van der Waals surface area (Å²) in [4.78, 5) is 3.58. The molecule has 1 aromatic heterocycles. The van der Waals surface area contributed by atoms with Gasteiger partial charge < -0.3 is 5.11 Å². The average Bonchev–Trinajstić information content (AvgIpc) is 2.49. The molecule has 0 bridgehead atoms. The number of fused-ring (bicyclic) bond motifs is 1. The lowest BCUT2D eigenvalue weighted by Gasteiger charge is -2.28. The third kappa shape index (κ3) is 1.40. The maximum atomic E-state index is 9.37. The largest absolute Gasteiger partial charge is 0.379 e. The van der Waals surface area contributed by atoms with Crippen LogP contribution in [0.2, 0.25) is 0 Å². The summed E-state index contributed by atoms with van der Waals surface area (Å²) in [5.74, 6) is 0. The van der Waals surface area contributed by atoms with Crippen LogP contribution >= 0.6 is 11.3 Å². The van der Waals surface area contributed by atoms with Crippen molar-refractivity contribution in [1.82, 2.24) is 4.90 Å². The first kappa shape index (κ1) is 8.23. The first-order valence-electron chi connectivity index (χ1n) is 4.25. The van der Waals surface area contributed by atoms with Crippen LogP contribution in [0.5, 0.6) is 0 Å². The normalized spacial score (nSPS) is 20.5. The van der Waals surface area contributed by atoms with Crippen molar-refractivity contribution in [3.63, 3.8) is 0 Å². The first-order valence-corrected chi connectivity index (χ1v) is 5.12. The van der Waals surface area contributed by atoms with Crippen LogP contribution in [0.25, 0.3) is 0 Å². The van der Waals surface area contributed by atoms with Gasteiger partial charge in [-0.25, -0.2) is 0 Å². The summed E-state index contributed by atoms with van der Waals surface area (Å²) in [5.41, 5.74) is 1.40. The quantitative estimate of drug-likeness (QED) is 0.712. The Morgan fingerprint density at radius 2 is 2.50 bits per heavy atom. The summed E-state index contributed by atoms with van der Waals surface area (Å²) in [7, 11) is 0. The third-order valence-corrected chi connectivity index (χ3v) is 3.39. The van der Waals surface area contributed by atoms with E-state index in [9.17, 15) is 5.11 Å². The van der Waals surface area contributed by atoms with E-state index < -0.39 is 0 Å². The zero-order valence-electron chi connectivity index (χ0n) is 7.16. The molecule has 1 aromatic rings. The molecule has 2 heterocycles. The number of thiophene rings is 1. The van der Waals surface area contributed by atoms with E-state index in [0.29, 0.717) is 0 Å². The molecule has 66 valence electrons. The molecule has 1 aliphatic heterocycles. The minimum absolute atomic E-state index is 0.307. The van der Waals surface area contributed by atoms with Gasteiger partial charge in [0.2, 0.25) is 0 Å². The fourth-order valence-electron chi connectivity index (χ4n) is 1.59. The molecule has 1 atom stereocenters. The summed E-state index contributed by atoms with van der Waals surface area (Å²) < 4.78 is 0. The van der Waals surface area contributed by atoms with Gasteiger partial charge in [0.05, 0.1) is 0 Å². The lowest BCUT2D eigenvalue weighted by Crippen LogP contribution is -2.36. The molecule has 1 aliphatic rings. The number of nitrogens with zero attached hydrogens (tertiary/aromatic N) is 1. The fourth-order valence-corrected chi connectivity index (χ4v) is 2.48. The highest BCUT2D eigenvalue weighted by Crippen LogP contribution is 2.24. The maximum Gasteiger partial charge on any atom is 0.104 e. The van der Waals surface area contributed by atoms with Crippen LogP contribution in [-0.2, 0) is 13.0 Å². The van der Waals surface area contributed by atoms with Gasteiger partial charge in [0.15, 0.2) is 0 Å². The molecule has 0 radical (unpaired) electrons. The van der Waals surface area contributed by atoms with Crippen molar-refractivity contribution in [2.75, 3.05) is 6.54 Å². The summed E-state index contributed by atoms with van der Waals surface area (Å²) in [6.45, 7) is 3.74. The molecular formula is C9H13NOS. The molecule has 3 heteroatoms. The van der Waals surface area contributed by atoms with E-state index in [4.69, 9.17) is 0 Å². The monoisotopic (exact) mass is 183 g/mol. The van der Waals surface area contributed by atoms with Crippen LogP contribution in [-0.4, -0.2) is 22.8 Å². The number of aliphatic hydroxyl groups is 1. The molecule has 1 N–H and O–H groups in total. The van der Waals surface area contributed by atoms with E-state index in [0.717, 1.165) is 19.5 Å². The zero-order valence-corrected chi connectivity index (χ0v) is 7.97. The van der Waals surface area contributed by atoms with Crippen molar-refractivity contribution in [3.05, 3.63) is 21.9 Å². The van der Waals surface area contributed by atoms with E-state index in [1.807, 2.05) is 18.3 Å². The molecule has 0 spiro atoms. The predicted octanol–water partition coefficient (Wildman–Crippen LogP) is 1.44. The van der Waals surface area contributed by atoms with Crippen LogP contribution < -0.4 is 0 Å². The molecule has 0 amide bonds. The number of hydrogen-bond acceptors (Lipinski definition) is 3. The Morgan fingerprint density at radius 3 is 3.25 bits per heavy atom. The van der Waals surface area contributed by atoms with Gasteiger partial charge in [-0.15, -0.1) is 11.3 Å². The van der Waals surface area contributed by atoms with E-state index in [1.165, 1.54) is 10.4 Å². The Hall–Kier alpha value is -0.380. The van der Waals surface area contributed by atoms with Crippen molar-refractivity contribution < 1.29 is 5.11 Å². The lowest BCUT2D eigenvalue weighted by atomic mass is 10.1. The number of rotatable bonds is 1. The van der Waals surface area contributed by atoms with Crippen LogP contribution in [0.3, 0.4) is 0 Å². The van der Waals surface area contributed by atoms with E-state index >= 15 is 0 Å². The van der Waals surface area contributed by atoms with Crippen LogP contribution in [0.15, 0.2) is 11.4 Å². The van der Waals surface area contributed by atoms with Gasteiger partial charge in [-0.2, -0.15) is 0 Å². The van der Waals surface area contributed by atoms with Crippen molar-refractivity contribution in [2.45, 2.75) is 26.1 Å². The topological polar surface area (TPSA) is 23.5 Å². The molecule has 12 heavy (non-hydrogen) atoms. The summed E-state index contributed by atoms with van der Waals surface area (Å²) >= 11 is 1.83. The summed E-state index contributed by atoms with van der Waals surface area (Å²) in [6, 6.07) is 2.16. The van der Waals surface area contributed by atoms with Gasteiger partial charge in [-0.05, 0) is 30.4 Å². The minimum Gasteiger partial charge on any atom is -0.379 e. The second-order valence-corrected chi connectivity index (χ2v) is 4.22. The number of aliphatic hydroxyl groups excluding tert-OH is 1. The highest BCUT2D eigenvalue weighted by Gasteiger charge is 2.19. The lowest BCUT2D eigenvalue weighted by molar-refractivity contribution is 0.00963. The van der Waals surface area contributed by atoms with Crippen LogP contribution in [0.4, 0.5) is 0 Å². The van der Waals surface area contributed by atoms with Gasteiger partial charge in [-0.1, -0.05) is 0 Å². The molecule has 0 aromatic carbocycles. The first-order chi connectivity index (χ1) is 5.77. The van der Waals surface area contributed by atoms with Crippen LogP contribution in [0, 0.1) is 0 Å². The SMILES string of the molecule is CC(O)N1CCc2sccc2C1. The molecule has 2 rings (SSSR count). The van der Waals surface area contributed by atoms with E-state index in [2.05, 4.69) is 16.3 Å². The van der Waals surface area contributed by atoms with Gasteiger partial charge in [0.25, 0.3) is 0 Å². The predicted molar refractivity (Wildman–Crippen MR) is 50.1 cm³/mol. The molecular weight excluding hydrogens is 170 g/mol. The number of hydrogen-bond donors (Lipinski definition) is 1. The van der Waals surface area contributed by atoms with Crippen molar-refractivity contribution in [3.8, 4) is 0 Å². The zero-order chi connectivity index (χ0) is 8.55. The highest BCUT2D eigenvalue weighted by molar-refractivity contribution is 7.10. The Balaban J connectivity index is 2.15. The van der Waals surface area contributed by atoms with Gasteiger partial charge in [-0.3, -0.25) is 4.90 Å². The summed E-state index contributed by atoms with van der Waals surface area (Å²) in [5, 5.41) is 11.5. The maximum absolute atomic E-state index is 9.37. The Morgan fingerprint density at radius 1 is 1.67 bits per heavy atom. The molecule has 1 unspecified atom stereocenters. The van der Waals surface area contributed by atoms with Gasteiger partial charge >= 0.3 is 0 Å². The Kier molecular flexibility index (Phi) is 2.17. The van der Waals surface area contributed by atoms with E-state index in [1.54, 1.807) is 0 Å². The van der Waals surface area contributed by atoms with Crippen molar-refractivity contribution >= 4 is 11.3 Å². The fraction of sp³-hybridized carbons (Fsp3) is 0.556. The molecule has 0 saturated heterocycles. The van der Waals surface area contributed by atoms with Crippen LogP contribution in [0.1, 0.15) is 17.4 Å². The van der Waals surface area contributed by atoms with Gasteiger partial charge in [0, 0.05) is 18.0 Å². The third-order valence-electron chi connectivity index (χ3n) is 2.37. The smallest absolute Gasteiger partial charge is 0.104 e. The Labute approximate surface area is 76.4 Å². The molecule has 2 nitrogen and oxygen atoms in total. The summed E-state index contributed by atoms with van der Waals surface area (Å²) in [6.07, 6.45) is 0.788. The molecule has 0 saturated carbocycles. The second kappa shape index (κ2) is 3.17. The van der Waals surface area contributed by atoms with Gasteiger partial charge in [0.1, 0.15) is 6.23 Å². The molecule has 0 fully saturated rings.